The van der Waals surface area contributed by atoms with Gasteiger partial charge >= 0.3 is 0 Å². The van der Waals surface area contributed by atoms with Crippen LogP contribution in [0.15, 0.2) is 23.0 Å². The summed E-state index contributed by atoms with van der Waals surface area (Å²) in [7, 11) is 0. The van der Waals surface area contributed by atoms with Crippen LogP contribution in [0.1, 0.15) is 36.6 Å². The number of hydrogen-bond acceptors (Lipinski definition) is 4. The molecule has 2 aliphatic heterocycles. The Morgan fingerprint density at radius 3 is 3.05 bits per heavy atom. The second kappa shape index (κ2) is 5.35. The standard InChI is InChI=1S/C16H21N5O/c1-2-14-17-15(19-18-14)10-20-7-11-6-12(9-20)13-4-3-5-16(22)21(13)8-11/h3-5,11-12H,2,6-10H2,1H3,(H,17,18,19)/t11-,12+/m1/s1. The SMILES string of the molecule is CCc1n[nH]c(CN2C[C@H]3C[C@@H](C2)c2cccc(=O)n2C3)n1. The van der Waals surface area contributed by atoms with Gasteiger partial charge < -0.3 is 4.57 Å². The van der Waals surface area contributed by atoms with Crippen LogP contribution < -0.4 is 5.56 Å². The highest BCUT2D eigenvalue weighted by Gasteiger charge is 2.34. The van der Waals surface area contributed by atoms with Crippen molar-refractivity contribution in [1.29, 1.82) is 0 Å². The molecule has 1 saturated heterocycles. The number of rotatable bonds is 3. The molecule has 0 amide bonds. The van der Waals surface area contributed by atoms with E-state index in [0.717, 1.165) is 44.2 Å². The molecule has 2 aromatic rings. The van der Waals surface area contributed by atoms with Crippen molar-refractivity contribution in [2.45, 2.75) is 38.8 Å². The topological polar surface area (TPSA) is 66.8 Å². The van der Waals surface area contributed by atoms with Gasteiger partial charge in [0.25, 0.3) is 5.56 Å². The Balaban J connectivity index is 1.54. The molecular weight excluding hydrogens is 278 g/mol. The van der Waals surface area contributed by atoms with Gasteiger partial charge in [-0.2, -0.15) is 5.10 Å². The van der Waals surface area contributed by atoms with Gasteiger partial charge in [-0.05, 0) is 18.4 Å². The maximum atomic E-state index is 12.0. The Labute approximate surface area is 129 Å². The summed E-state index contributed by atoms with van der Waals surface area (Å²) in [6, 6.07) is 5.66. The summed E-state index contributed by atoms with van der Waals surface area (Å²) in [5.41, 5.74) is 1.34. The Morgan fingerprint density at radius 1 is 1.32 bits per heavy atom. The summed E-state index contributed by atoms with van der Waals surface area (Å²) < 4.78 is 1.97. The lowest BCUT2D eigenvalue weighted by Crippen LogP contribution is -2.46. The molecule has 4 heterocycles. The molecule has 0 saturated carbocycles. The third-order valence-corrected chi connectivity index (χ3v) is 4.82. The quantitative estimate of drug-likeness (QED) is 0.923. The van der Waals surface area contributed by atoms with Gasteiger partial charge in [-0.15, -0.1) is 0 Å². The summed E-state index contributed by atoms with van der Waals surface area (Å²) in [5.74, 6) is 2.83. The van der Waals surface area contributed by atoms with E-state index < -0.39 is 0 Å². The van der Waals surface area contributed by atoms with E-state index in [0.29, 0.717) is 11.8 Å². The van der Waals surface area contributed by atoms with Crippen molar-refractivity contribution in [3.8, 4) is 0 Å². The zero-order valence-corrected chi connectivity index (χ0v) is 12.8. The highest BCUT2D eigenvalue weighted by molar-refractivity contribution is 5.17. The van der Waals surface area contributed by atoms with Crippen molar-refractivity contribution >= 4 is 0 Å². The van der Waals surface area contributed by atoms with E-state index in [9.17, 15) is 4.79 Å². The van der Waals surface area contributed by atoms with Crippen molar-refractivity contribution < 1.29 is 0 Å². The third-order valence-electron chi connectivity index (χ3n) is 4.82. The minimum atomic E-state index is 0.142. The highest BCUT2D eigenvalue weighted by atomic mass is 16.1. The predicted molar refractivity (Wildman–Crippen MR) is 82.6 cm³/mol. The molecule has 2 aliphatic rings. The number of fused-ring (bicyclic) bond motifs is 4. The van der Waals surface area contributed by atoms with Crippen LogP contribution in [0, 0.1) is 5.92 Å². The number of aryl methyl sites for hydroxylation is 1. The normalized spacial score (nSPS) is 24.2. The van der Waals surface area contributed by atoms with Crippen LogP contribution >= 0.6 is 0 Å². The van der Waals surface area contributed by atoms with Gasteiger partial charge in [-0.1, -0.05) is 13.0 Å². The zero-order valence-electron chi connectivity index (χ0n) is 12.8. The Morgan fingerprint density at radius 2 is 2.23 bits per heavy atom. The van der Waals surface area contributed by atoms with E-state index >= 15 is 0 Å². The number of likely N-dealkylation sites (tertiary alicyclic amines) is 1. The number of H-pyrrole nitrogens is 1. The average Bonchev–Trinajstić information content (AvgIpc) is 2.96. The number of nitrogens with one attached hydrogen (secondary N) is 1. The lowest BCUT2D eigenvalue weighted by atomic mass is 9.83. The number of hydrogen-bond donors (Lipinski definition) is 1. The zero-order chi connectivity index (χ0) is 15.1. The first kappa shape index (κ1) is 13.7. The first-order valence-electron chi connectivity index (χ1n) is 8.05. The van der Waals surface area contributed by atoms with Crippen molar-refractivity contribution in [1.82, 2.24) is 24.6 Å². The number of pyridine rings is 1. The average molecular weight is 299 g/mol. The van der Waals surface area contributed by atoms with Crippen LogP contribution in [0.25, 0.3) is 0 Å². The lowest BCUT2D eigenvalue weighted by Gasteiger charge is -2.42. The van der Waals surface area contributed by atoms with Crippen LogP contribution in [0.2, 0.25) is 0 Å². The van der Waals surface area contributed by atoms with Gasteiger partial charge in [-0.3, -0.25) is 14.8 Å². The fourth-order valence-corrected chi connectivity index (χ4v) is 3.90. The molecule has 4 rings (SSSR count). The Kier molecular flexibility index (Phi) is 3.33. The van der Waals surface area contributed by atoms with E-state index in [1.54, 1.807) is 6.07 Å². The Hall–Kier alpha value is -1.95. The summed E-state index contributed by atoms with van der Waals surface area (Å²) >= 11 is 0. The number of aromatic nitrogens is 4. The number of aromatic amines is 1. The van der Waals surface area contributed by atoms with Gasteiger partial charge in [-0.25, -0.2) is 4.98 Å². The Bertz CT molecular complexity index is 734. The van der Waals surface area contributed by atoms with Gasteiger partial charge in [0, 0.05) is 43.7 Å². The molecule has 0 aliphatic carbocycles. The second-order valence-corrected chi connectivity index (χ2v) is 6.44. The van der Waals surface area contributed by atoms with Gasteiger partial charge in [0.1, 0.15) is 11.6 Å². The molecule has 0 unspecified atom stereocenters. The molecule has 22 heavy (non-hydrogen) atoms. The maximum Gasteiger partial charge on any atom is 0.250 e. The number of nitrogens with zero attached hydrogens (tertiary/aromatic N) is 4. The van der Waals surface area contributed by atoms with Crippen LogP contribution in [0.4, 0.5) is 0 Å². The first-order chi connectivity index (χ1) is 10.7. The molecule has 6 nitrogen and oxygen atoms in total. The van der Waals surface area contributed by atoms with Crippen molar-refractivity contribution in [2.75, 3.05) is 13.1 Å². The largest absolute Gasteiger partial charge is 0.312 e. The molecule has 0 spiro atoms. The molecule has 2 atom stereocenters. The van der Waals surface area contributed by atoms with E-state index in [1.165, 1.54) is 12.1 Å². The van der Waals surface area contributed by atoms with Crippen LogP contribution in [0.3, 0.4) is 0 Å². The lowest BCUT2D eigenvalue weighted by molar-refractivity contribution is 0.112. The molecule has 0 radical (unpaired) electrons. The summed E-state index contributed by atoms with van der Waals surface area (Å²) in [4.78, 5) is 19.0. The molecule has 1 fully saturated rings. The third kappa shape index (κ3) is 2.37. The van der Waals surface area contributed by atoms with Crippen molar-refractivity contribution in [3.63, 3.8) is 0 Å². The van der Waals surface area contributed by atoms with E-state index in [2.05, 4.69) is 33.1 Å². The second-order valence-electron chi connectivity index (χ2n) is 6.44. The van der Waals surface area contributed by atoms with Crippen LogP contribution in [-0.2, 0) is 19.5 Å². The molecule has 2 aromatic heterocycles. The monoisotopic (exact) mass is 299 g/mol. The fourth-order valence-electron chi connectivity index (χ4n) is 3.90. The van der Waals surface area contributed by atoms with Gasteiger partial charge in [0.05, 0.1) is 6.54 Å². The fraction of sp³-hybridized carbons (Fsp3) is 0.562. The van der Waals surface area contributed by atoms with Crippen molar-refractivity contribution in [2.24, 2.45) is 5.92 Å². The summed E-state index contributed by atoms with van der Waals surface area (Å²) in [6.45, 7) is 5.74. The molecular formula is C16H21N5O. The van der Waals surface area contributed by atoms with Gasteiger partial charge in [0.15, 0.2) is 0 Å². The van der Waals surface area contributed by atoms with Crippen LogP contribution in [0.5, 0.6) is 0 Å². The molecule has 0 aromatic carbocycles. The van der Waals surface area contributed by atoms with Crippen molar-refractivity contribution in [3.05, 3.63) is 45.9 Å². The van der Waals surface area contributed by atoms with E-state index in [-0.39, 0.29) is 5.56 Å². The summed E-state index contributed by atoms with van der Waals surface area (Å²) in [5, 5.41) is 7.25. The molecule has 2 bridgehead atoms. The minimum Gasteiger partial charge on any atom is -0.312 e. The summed E-state index contributed by atoms with van der Waals surface area (Å²) in [6.07, 6.45) is 2.05. The maximum absolute atomic E-state index is 12.0. The first-order valence-corrected chi connectivity index (χ1v) is 8.05. The van der Waals surface area contributed by atoms with E-state index in [1.807, 2.05) is 10.6 Å². The smallest absolute Gasteiger partial charge is 0.250 e. The van der Waals surface area contributed by atoms with Gasteiger partial charge in [0.2, 0.25) is 0 Å². The minimum absolute atomic E-state index is 0.142. The van der Waals surface area contributed by atoms with Crippen LogP contribution in [-0.4, -0.2) is 37.7 Å². The molecule has 6 heteroatoms. The highest BCUT2D eigenvalue weighted by Crippen LogP contribution is 2.35. The van der Waals surface area contributed by atoms with E-state index in [4.69, 9.17) is 0 Å². The molecule has 116 valence electrons. The number of piperidine rings is 1. The predicted octanol–water partition coefficient (Wildman–Crippen LogP) is 1.15. The molecule has 1 N–H and O–H groups in total.